The summed E-state index contributed by atoms with van der Waals surface area (Å²) in [5, 5.41) is 3.01. The number of hydrogen-bond acceptors (Lipinski definition) is 4. The average molecular weight is 409 g/mol. The molecule has 1 N–H and O–H groups in total. The summed E-state index contributed by atoms with van der Waals surface area (Å²) in [6.07, 6.45) is 5.21. The third kappa shape index (κ3) is 7.92. The van der Waals surface area contributed by atoms with Gasteiger partial charge in [-0.2, -0.15) is 0 Å². The Labute approximate surface area is 176 Å². The monoisotopic (exact) mass is 408 g/mol. The number of nitrogens with one attached hydrogen (secondary N) is 1. The summed E-state index contributed by atoms with van der Waals surface area (Å²) >= 11 is 0. The first-order valence-electron chi connectivity index (χ1n) is 10.6. The Morgan fingerprint density at radius 2 is 1.55 bits per heavy atom. The fourth-order valence-corrected chi connectivity index (χ4v) is 3.83. The first-order valence-corrected chi connectivity index (χ1v) is 10.6. The lowest BCUT2D eigenvalue weighted by Gasteiger charge is -2.36. The van der Waals surface area contributed by atoms with E-state index in [4.69, 9.17) is 4.74 Å². The number of imide groups is 1. The van der Waals surface area contributed by atoms with Crippen molar-refractivity contribution in [1.29, 1.82) is 0 Å². The first-order chi connectivity index (χ1) is 13.2. The molecule has 0 spiro atoms. The molecule has 1 heterocycles. The van der Waals surface area contributed by atoms with Crippen molar-refractivity contribution in [3.63, 3.8) is 0 Å². The molecule has 1 unspecified atom stereocenters. The van der Waals surface area contributed by atoms with Gasteiger partial charge in [0.15, 0.2) is 0 Å². The lowest BCUT2D eigenvalue weighted by Crippen LogP contribution is -2.50. The highest BCUT2D eigenvalue weighted by atomic mass is 16.5. The van der Waals surface area contributed by atoms with Gasteiger partial charge in [-0.15, -0.1) is 0 Å². The van der Waals surface area contributed by atoms with Crippen LogP contribution in [0, 0.1) is 16.7 Å². The van der Waals surface area contributed by atoms with Gasteiger partial charge in [0.2, 0.25) is 5.91 Å². The second kappa shape index (κ2) is 9.88. The molecule has 166 valence electrons. The Balaban J connectivity index is 2.49. The summed E-state index contributed by atoms with van der Waals surface area (Å²) in [6, 6.07) is 0. The van der Waals surface area contributed by atoms with E-state index in [0.29, 0.717) is 26.2 Å². The van der Waals surface area contributed by atoms with Crippen molar-refractivity contribution in [2.45, 2.75) is 80.2 Å². The van der Waals surface area contributed by atoms with Crippen LogP contribution < -0.4 is 5.32 Å². The van der Waals surface area contributed by atoms with E-state index in [1.165, 1.54) is 17.1 Å². The topological polar surface area (TPSA) is 75.7 Å². The SMILES string of the molecule is CCCC(C)(C)COCC(C)(C)CNC(=O)C(C)CC(C)(C)N1C(=O)C=CC1=O. The summed E-state index contributed by atoms with van der Waals surface area (Å²) < 4.78 is 5.94. The van der Waals surface area contributed by atoms with Crippen molar-refractivity contribution in [2.24, 2.45) is 16.7 Å². The summed E-state index contributed by atoms with van der Waals surface area (Å²) in [4.78, 5) is 37.7. The first kappa shape index (κ1) is 25.3. The largest absolute Gasteiger partial charge is 0.380 e. The maximum Gasteiger partial charge on any atom is 0.254 e. The van der Waals surface area contributed by atoms with E-state index >= 15 is 0 Å². The molecule has 0 aromatic rings. The quantitative estimate of drug-likeness (QED) is 0.500. The second-order valence-corrected chi connectivity index (χ2v) is 10.6. The minimum Gasteiger partial charge on any atom is -0.380 e. The van der Waals surface area contributed by atoms with E-state index in [-0.39, 0.29) is 34.5 Å². The van der Waals surface area contributed by atoms with Crippen LogP contribution in [0.4, 0.5) is 0 Å². The number of rotatable bonds is 12. The summed E-state index contributed by atoms with van der Waals surface area (Å²) in [6.45, 7) is 18.0. The zero-order chi connectivity index (χ0) is 22.5. The smallest absolute Gasteiger partial charge is 0.254 e. The summed E-state index contributed by atoms with van der Waals surface area (Å²) in [5.41, 5.74) is -0.747. The molecule has 0 radical (unpaired) electrons. The minimum atomic E-state index is -0.724. The molecule has 3 amide bonds. The molecule has 0 bridgehead atoms. The zero-order valence-electron chi connectivity index (χ0n) is 19.6. The molecule has 1 rings (SSSR count). The Kier molecular flexibility index (Phi) is 8.63. The van der Waals surface area contributed by atoms with Gasteiger partial charge in [-0.05, 0) is 32.1 Å². The number of amides is 3. The van der Waals surface area contributed by atoms with Gasteiger partial charge >= 0.3 is 0 Å². The van der Waals surface area contributed by atoms with Gasteiger partial charge < -0.3 is 10.1 Å². The molecule has 1 atom stereocenters. The molecular weight excluding hydrogens is 368 g/mol. The van der Waals surface area contributed by atoms with Crippen LogP contribution in [0.25, 0.3) is 0 Å². The van der Waals surface area contributed by atoms with E-state index in [0.717, 1.165) is 12.8 Å². The second-order valence-electron chi connectivity index (χ2n) is 10.6. The van der Waals surface area contributed by atoms with E-state index < -0.39 is 5.54 Å². The molecule has 29 heavy (non-hydrogen) atoms. The normalized spacial score (nSPS) is 16.5. The molecule has 0 saturated heterocycles. The molecule has 6 heteroatoms. The fourth-order valence-electron chi connectivity index (χ4n) is 3.83. The van der Waals surface area contributed by atoms with Crippen LogP contribution in [-0.4, -0.2) is 47.9 Å². The van der Waals surface area contributed by atoms with Crippen LogP contribution in [0.1, 0.15) is 74.7 Å². The standard InChI is InChI=1S/C23H40N2O4/c1-9-12-21(3,4)15-29-16-22(5,6)14-24-20(28)17(2)13-23(7,8)25-18(26)10-11-19(25)27/h10-11,17H,9,12-16H2,1-8H3,(H,24,28). The van der Waals surface area contributed by atoms with Crippen molar-refractivity contribution >= 4 is 17.7 Å². The van der Waals surface area contributed by atoms with Gasteiger partial charge in [0.25, 0.3) is 11.8 Å². The van der Waals surface area contributed by atoms with E-state index in [9.17, 15) is 14.4 Å². The van der Waals surface area contributed by atoms with Gasteiger partial charge in [0.05, 0.1) is 13.2 Å². The van der Waals surface area contributed by atoms with Crippen LogP contribution in [0.5, 0.6) is 0 Å². The molecule has 0 aromatic carbocycles. The Morgan fingerprint density at radius 3 is 2.07 bits per heavy atom. The molecule has 1 aliphatic heterocycles. The zero-order valence-corrected chi connectivity index (χ0v) is 19.6. The lowest BCUT2D eigenvalue weighted by atomic mass is 9.88. The van der Waals surface area contributed by atoms with Gasteiger partial charge in [0, 0.05) is 35.6 Å². The molecule has 6 nitrogen and oxygen atoms in total. The molecule has 0 fully saturated rings. The third-order valence-electron chi connectivity index (χ3n) is 5.32. The lowest BCUT2D eigenvalue weighted by molar-refractivity contribution is -0.144. The fraction of sp³-hybridized carbons (Fsp3) is 0.783. The highest BCUT2D eigenvalue weighted by Crippen LogP contribution is 2.27. The Hall–Kier alpha value is -1.69. The molecule has 0 saturated carbocycles. The average Bonchev–Trinajstić information content (AvgIpc) is 2.91. The van der Waals surface area contributed by atoms with Crippen molar-refractivity contribution in [3.05, 3.63) is 12.2 Å². The van der Waals surface area contributed by atoms with Crippen molar-refractivity contribution in [2.75, 3.05) is 19.8 Å². The van der Waals surface area contributed by atoms with Crippen molar-refractivity contribution < 1.29 is 19.1 Å². The predicted molar refractivity (Wildman–Crippen MR) is 115 cm³/mol. The highest BCUT2D eigenvalue weighted by Gasteiger charge is 2.39. The van der Waals surface area contributed by atoms with Gasteiger partial charge in [-0.25, -0.2) is 0 Å². The maximum absolute atomic E-state index is 12.6. The molecule has 1 aliphatic rings. The number of carbonyl (C=O) groups excluding carboxylic acids is 3. The van der Waals surface area contributed by atoms with E-state index in [1.807, 2.05) is 20.8 Å². The number of carbonyl (C=O) groups is 3. The maximum atomic E-state index is 12.6. The van der Waals surface area contributed by atoms with Crippen LogP contribution >= 0.6 is 0 Å². The highest BCUT2D eigenvalue weighted by molar-refractivity contribution is 6.13. The van der Waals surface area contributed by atoms with Crippen molar-refractivity contribution in [3.8, 4) is 0 Å². The van der Waals surface area contributed by atoms with Crippen molar-refractivity contribution in [1.82, 2.24) is 10.2 Å². The number of hydrogen-bond donors (Lipinski definition) is 1. The molecule has 0 aliphatic carbocycles. The summed E-state index contributed by atoms with van der Waals surface area (Å²) in [5.74, 6) is -1.05. The molecule has 0 aromatic heterocycles. The van der Waals surface area contributed by atoms with Gasteiger partial charge in [-0.3, -0.25) is 19.3 Å². The predicted octanol–water partition coefficient (Wildman–Crippen LogP) is 3.70. The van der Waals surface area contributed by atoms with E-state index in [2.05, 4.69) is 39.9 Å². The van der Waals surface area contributed by atoms with Crippen LogP contribution in [0.15, 0.2) is 12.2 Å². The summed E-state index contributed by atoms with van der Waals surface area (Å²) in [7, 11) is 0. The minimum absolute atomic E-state index is 0.0792. The van der Waals surface area contributed by atoms with Gasteiger partial charge in [0.1, 0.15) is 0 Å². The van der Waals surface area contributed by atoms with Crippen LogP contribution in [0.3, 0.4) is 0 Å². The third-order valence-corrected chi connectivity index (χ3v) is 5.32. The van der Waals surface area contributed by atoms with E-state index in [1.54, 1.807) is 0 Å². The Morgan fingerprint density at radius 1 is 1.03 bits per heavy atom. The molecular formula is C23H40N2O4. The Bertz CT molecular complexity index is 617. The van der Waals surface area contributed by atoms with Gasteiger partial charge in [-0.1, -0.05) is 48.0 Å². The number of ether oxygens (including phenoxy) is 1. The number of nitrogens with zero attached hydrogens (tertiary/aromatic N) is 1. The van der Waals surface area contributed by atoms with Crippen LogP contribution in [0.2, 0.25) is 0 Å². The van der Waals surface area contributed by atoms with Crippen LogP contribution in [-0.2, 0) is 19.1 Å².